The molecule has 18 heavy (non-hydrogen) atoms. The highest BCUT2D eigenvalue weighted by molar-refractivity contribution is 9.10. The predicted octanol–water partition coefficient (Wildman–Crippen LogP) is 1.36. The van der Waals surface area contributed by atoms with Gasteiger partial charge in [0.2, 0.25) is 5.91 Å². The van der Waals surface area contributed by atoms with E-state index in [2.05, 4.69) is 31.5 Å². The highest BCUT2D eigenvalue weighted by Gasteiger charge is 2.32. The zero-order valence-electron chi connectivity index (χ0n) is 10.6. The van der Waals surface area contributed by atoms with Crippen molar-refractivity contribution in [1.29, 1.82) is 0 Å². The van der Waals surface area contributed by atoms with Crippen LogP contribution in [0.5, 0.6) is 0 Å². The second kappa shape index (κ2) is 5.71. The van der Waals surface area contributed by atoms with E-state index in [0.29, 0.717) is 6.54 Å². The van der Waals surface area contributed by atoms with Crippen LogP contribution < -0.4 is 15.5 Å². The number of piperazine rings is 1. The summed E-state index contributed by atoms with van der Waals surface area (Å²) in [5.74, 6) is 0.0889. The predicted molar refractivity (Wildman–Crippen MR) is 76.8 cm³/mol. The molecule has 0 aromatic heterocycles. The molecule has 1 aliphatic rings. The maximum absolute atomic E-state index is 12.0. The minimum Gasteiger partial charge on any atom is -0.356 e. The van der Waals surface area contributed by atoms with E-state index >= 15 is 0 Å². The molecule has 1 fully saturated rings. The van der Waals surface area contributed by atoms with Gasteiger partial charge in [-0.05, 0) is 38.2 Å². The first kappa shape index (κ1) is 13.4. The van der Waals surface area contributed by atoms with Crippen molar-refractivity contribution < 1.29 is 4.79 Å². The summed E-state index contributed by atoms with van der Waals surface area (Å²) < 4.78 is 1.05. The van der Waals surface area contributed by atoms with Crippen molar-refractivity contribution in [2.75, 3.05) is 25.0 Å². The van der Waals surface area contributed by atoms with Crippen molar-refractivity contribution >= 4 is 27.5 Å². The Morgan fingerprint density at radius 1 is 1.44 bits per heavy atom. The monoisotopic (exact) mass is 311 g/mol. The molecular formula is C13H18BrN3O. The number of carbonyl (C=O) groups excluding carboxylic acids is 1. The summed E-state index contributed by atoms with van der Waals surface area (Å²) in [7, 11) is 1.87. The fourth-order valence-corrected chi connectivity index (χ4v) is 2.53. The summed E-state index contributed by atoms with van der Waals surface area (Å²) in [4.78, 5) is 14.2. The maximum atomic E-state index is 12.0. The van der Waals surface area contributed by atoms with Crippen molar-refractivity contribution in [3.63, 3.8) is 0 Å². The molecule has 0 spiro atoms. The van der Waals surface area contributed by atoms with Gasteiger partial charge in [0.25, 0.3) is 0 Å². The fraction of sp³-hybridized carbons (Fsp3) is 0.462. The standard InChI is InChI=1S/C13H18BrN3O/c1-9-8-17(11-5-3-10(14)4-6-11)12(7-15-2)13(18)16-9/h3-6,9,12,15H,7-8H2,1-2H3,(H,16,18). The van der Waals surface area contributed by atoms with Crippen molar-refractivity contribution in [1.82, 2.24) is 10.6 Å². The van der Waals surface area contributed by atoms with Gasteiger partial charge in [0.1, 0.15) is 6.04 Å². The molecule has 5 heteroatoms. The molecule has 2 N–H and O–H groups in total. The van der Waals surface area contributed by atoms with Crippen LogP contribution in [0.1, 0.15) is 6.92 Å². The lowest BCUT2D eigenvalue weighted by molar-refractivity contribution is -0.124. The number of anilines is 1. The average Bonchev–Trinajstić information content (AvgIpc) is 2.33. The molecule has 1 saturated heterocycles. The van der Waals surface area contributed by atoms with Gasteiger partial charge in [-0.15, -0.1) is 0 Å². The van der Waals surface area contributed by atoms with Gasteiger partial charge in [-0.2, -0.15) is 0 Å². The molecular weight excluding hydrogens is 294 g/mol. The Bertz CT molecular complexity index is 421. The summed E-state index contributed by atoms with van der Waals surface area (Å²) in [6.45, 7) is 3.51. The normalized spacial score (nSPS) is 23.9. The Morgan fingerprint density at radius 2 is 2.11 bits per heavy atom. The number of nitrogens with zero attached hydrogens (tertiary/aromatic N) is 1. The number of rotatable bonds is 3. The minimum atomic E-state index is -0.146. The van der Waals surface area contributed by atoms with Gasteiger partial charge in [0.15, 0.2) is 0 Å². The summed E-state index contributed by atoms with van der Waals surface area (Å²) in [6.07, 6.45) is 0. The van der Waals surface area contributed by atoms with E-state index in [0.717, 1.165) is 16.7 Å². The molecule has 1 heterocycles. The molecule has 2 rings (SSSR count). The number of hydrogen-bond acceptors (Lipinski definition) is 3. The third-order valence-electron chi connectivity index (χ3n) is 3.09. The van der Waals surface area contributed by atoms with Crippen LogP contribution in [0.3, 0.4) is 0 Å². The SMILES string of the molecule is CNCC1C(=O)NC(C)CN1c1ccc(Br)cc1. The van der Waals surface area contributed by atoms with Gasteiger partial charge < -0.3 is 15.5 Å². The van der Waals surface area contributed by atoms with Crippen molar-refractivity contribution in [3.8, 4) is 0 Å². The van der Waals surface area contributed by atoms with E-state index in [1.165, 1.54) is 0 Å². The number of nitrogens with one attached hydrogen (secondary N) is 2. The van der Waals surface area contributed by atoms with Gasteiger partial charge in [-0.25, -0.2) is 0 Å². The summed E-state index contributed by atoms with van der Waals surface area (Å²) in [5.41, 5.74) is 1.08. The molecule has 2 unspecified atom stereocenters. The molecule has 1 aromatic rings. The van der Waals surface area contributed by atoms with Gasteiger partial charge >= 0.3 is 0 Å². The number of amides is 1. The molecule has 0 radical (unpaired) electrons. The van der Waals surface area contributed by atoms with Crippen LogP contribution in [-0.2, 0) is 4.79 Å². The first-order valence-electron chi connectivity index (χ1n) is 6.09. The van der Waals surface area contributed by atoms with E-state index in [9.17, 15) is 4.79 Å². The summed E-state index contributed by atoms with van der Waals surface area (Å²) in [5, 5.41) is 6.08. The molecule has 0 aliphatic carbocycles. The molecule has 1 aliphatic heterocycles. The van der Waals surface area contributed by atoms with Crippen LogP contribution in [0, 0.1) is 0 Å². The second-order valence-electron chi connectivity index (χ2n) is 4.61. The summed E-state index contributed by atoms with van der Waals surface area (Å²) in [6, 6.07) is 8.11. The van der Waals surface area contributed by atoms with Crippen LogP contribution >= 0.6 is 15.9 Å². The van der Waals surface area contributed by atoms with E-state index in [4.69, 9.17) is 0 Å². The first-order valence-corrected chi connectivity index (χ1v) is 6.88. The van der Waals surface area contributed by atoms with Crippen LogP contribution in [0.4, 0.5) is 5.69 Å². The van der Waals surface area contributed by atoms with Crippen LogP contribution in [0.15, 0.2) is 28.7 Å². The Labute approximate surface area is 116 Å². The van der Waals surface area contributed by atoms with Crippen molar-refractivity contribution in [3.05, 3.63) is 28.7 Å². The number of carbonyl (C=O) groups is 1. The number of halogens is 1. The van der Waals surface area contributed by atoms with E-state index in [-0.39, 0.29) is 18.0 Å². The van der Waals surface area contributed by atoms with Crippen LogP contribution in [0.2, 0.25) is 0 Å². The molecule has 98 valence electrons. The van der Waals surface area contributed by atoms with Crippen LogP contribution in [-0.4, -0.2) is 38.1 Å². The fourth-order valence-electron chi connectivity index (χ4n) is 2.26. The second-order valence-corrected chi connectivity index (χ2v) is 5.53. The molecule has 4 nitrogen and oxygen atoms in total. The molecule has 1 amide bonds. The van der Waals surface area contributed by atoms with Gasteiger partial charge in [0, 0.05) is 29.3 Å². The lowest BCUT2D eigenvalue weighted by atomic mass is 10.1. The smallest absolute Gasteiger partial charge is 0.244 e. The van der Waals surface area contributed by atoms with E-state index in [1.807, 2.05) is 38.2 Å². The Morgan fingerprint density at radius 3 is 2.72 bits per heavy atom. The average molecular weight is 312 g/mol. The molecule has 1 aromatic carbocycles. The van der Waals surface area contributed by atoms with Crippen molar-refractivity contribution in [2.45, 2.75) is 19.0 Å². The number of hydrogen-bond donors (Lipinski definition) is 2. The maximum Gasteiger partial charge on any atom is 0.244 e. The minimum absolute atomic E-state index is 0.0889. The van der Waals surface area contributed by atoms with Gasteiger partial charge in [-0.3, -0.25) is 4.79 Å². The molecule has 0 saturated carbocycles. The number of likely N-dealkylation sites (N-methyl/N-ethyl adjacent to an activating group) is 1. The summed E-state index contributed by atoms with van der Waals surface area (Å²) >= 11 is 3.43. The largest absolute Gasteiger partial charge is 0.356 e. The zero-order chi connectivity index (χ0) is 13.1. The number of benzene rings is 1. The Balaban J connectivity index is 2.25. The van der Waals surface area contributed by atoms with Gasteiger partial charge in [-0.1, -0.05) is 15.9 Å². The van der Waals surface area contributed by atoms with E-state index < -0.39 is 0 Å². The first-order chi connectivity index (χ1) is 8.61. The lowest BCUT2D eigenvalue weighted by Gasteiger charge is -2.39. The van der Waals surface area contributed by atoms with Crippen LogP contribution in [0.25, 0.3) is 0 Å². The Kier molecular flexibility index (Phi) is 4.24. The van der Waals surface area contributed by atoms with Gasteiger partial charge in [0.05, 0.1) is 0 Å². The quantitative estimate of drug-likeness (QED) is 0.886. The third-order valence-corrected chi connectivity index (χ3v) is 3.62. The molecule has 0 bridgehead atoms. The zero-order valence-corrected chi connectivity index (χ0v) is 12.2. The highest BCUT2D eigenvalue weighted by Crippen LogP contribution is 2.22. The molecule has 2 atom stereocenters. The highest BCUT2D eigenvalue weighted by atomic mass is 79.9. The van der Waals surface area contributed by atoms with Crippen molar-refractivity contribution in [2.24, 2.45) is 0 Å². The Hall–Kier alpha value is -1.07. The lowest BCUT2D eigenvalue weighted by Crippen LogP contribution is -2.62. The van der Waals surface area contributed by atoms with E-state index in [1.54, 1.807) is 0 Å². The third kappa shape index (κ3) is 2.84. The topological polar surface area (TPSA) is 44.4 Å².